The summed E-state index contributed by atoms with van der Waals surface area (Å²) in [7, 11) is 2.19. The molecule has 1 aromatic carbocycles. The Balaban J connectivity index is 0.00000450. The highest BCUT2D eigenvalue weighted by Crippen LogP contribution is 2.08. The monoisotopic (exact) mass is 526 g/mol. The zero-order valence-corrected chi connectivity index (χ0v) is 21.5. The van der Waals surface area contributed by atoms with Crippen molar-refractivity contribution in [3.05, 3.63) is 54.1 Å². The van der Waals surface area contributed by atoms with E-state index >= 15 is 0 Å². The molecule has 6 nitrogen and oxygen atoms in total. The summed E-state index contributed by atoms with van der Waals surface area (Å²) in [5, 5.41) is 6.80. The van der Waals surface area contributed by atoms with Gasteiger partial charge in [0, 0.05) is 44.6 Å². The van der Waals surface area contributed by atoms with E-state index in [1.165, 1.54) is 5.56 Å². The van der Waals surface area contributed by atoms with Gasteiger partial charge in [-0.1, -0.05) is 44.2 Å². The lowest BCUT2D eigenvalue weighted by atomic mass is 10.1. The van der Waals surface area contributed by atoms with Crippen molar-refractivity contribution < 1.29 is 0 Å². The molecule has 0 aliphatic carbocycles. The van der Waals surface area contributed by atoms with Crippen LogP contribution in [0.4, 0.5) is 0 Å². The number of halogens is 1. The molecule has 0 amide bonds. The summed E-state index contributed by atoms with van der Waals surface area (Å²) in [5.74, 6) is 2.45. The van der Waals surface area contributed by atoms with Crippen molar-refractivity contribution >= 4 is 29.9 Å². The molecule has 2 rings (SSSR count). The molecule has 2 N–H and O–H groups in total. The van der Waals surface area contributed by atoms with Gasteiger partial charge in [-0.15, -0.1) is 24.0 Å². The highest BCUT2D eigenvalue weighted by Gasteiger charge is 2.10. The van der Waals surface area contributed by atoms with Gasteiger partial charge in [-0.05, 0) is 38.8 Å². The fourth-order valence-corrected chi connectivity index (χ4v) is 3.19. The van der Waals surface area contributed by atoms with Gasteiger partial charge in [-0.3, -0.25) is 4.90 Å². The lowest BCUT2D eigenvalue weighted by molar-refractivity contribution is 0.238. The van der Waals surface area contributed by atoms with E-state index in [2.05, 4.69) is 90.2 Å². The van der Waals surface area contributed by atoms with E-state index in [9.17, 15) is 0 Å². The van der Waals surface area contributed by atoms with Gasteiger partial charge >= 0.3 is 0 Å². The quantitative estimate of drug-likeness (QED) is 0.263. The predicted octanol–water partition coefficient (Wildman–Crippen LogP) is 4.12. The second kappa shape index (κ2) is 14.4. The lowest BCUT2D eigenvalue weighted by Gasteiger charge is -2.25. The third-order valence-electron chi connectivity index (χ3n) is 4.97. The van der Waals surface area contributed by atoms with E-state index in [-0.39, 0.29) is 24.0 Å². The fourth-order valence-electron chi connectivity index (χ4n) is 3.19. The van der Waals surface area contributed by atoms with Crippen molar-refractivity contribution in [2.45, 2.75) is 59.8 Å². The Morgan fingerprint density at radius 1 is 1.17 bits per heavy atom. The van der Waals surface area contributed by atoms with Gasteiger partial charge in [0.05, 0.1) is 0 Å². The Morgan fingerprint density at radius 2 is 1.90 bits per heavy atom. The molecule has 1 atom stereocenters. The third kappa shape index (κ3) is 9.47. The maximum absolute atomic E-state index is 4.73. The first-order chi connectivity index (χ1) is 14.0. The second-order valence-electron chi connectivity index (χ2n) is 8.05. The highest BCUT2D eigenvalue weighted by molar-refractivity contribution is 14.0. The second-order valence-corrected chi connectivity index (χ2v) is 8.05. The van der Waals surface area contributed by atoms with E-state index in [1.807, 2.05) is 12.4 Å². The van der Waals surface area contributed by atoms with Gasteiger partial charge in [-0.25, -0.2) is 9.98 Å². The van der Waals surface area contributed by atoms with Crippen molar-refractivity contribution in [3.8, 4) is 0 Å². The predicted molar refractivity (Wildman–Crippen MR) is 137 cm³/mol. The van der Waals surface area contributed by atoms with Crippen molar-refractivity contribution in [1.82, 2.24) is 25.1 Å². The Hall–Kier alpha value is -1.61. The topological polar surface area (TPSA) is 57.5 Å². The van der Waals surface area contributed by atoms with Gasteiger partial charge in [0.15, 0.2) is 5.96 Å². The molecule has 7 heteroatoms. The summed E-state index contributed by atoms with van der Waals surface area (Å²) < 4.78 is 2.19. The van der Waals surface area contributed by atoms with Crippen LogP contribution >= 0.6 is 24.0 Å². The Labute approximate surface area is 199 Å². The number of hydrogen-bond donors (Lipinski definition) is 2. The molecule has 0 aliphatic rings. The molecule has 1 unspecified atom stereocenters. The van der Waals surface area contributed by atoms with E-state index in [4.69, 9.17) is 4.99 Å². The number of rotatable bonds is 11. The van der Waals surface area contributed by atoms with Crippen LogP contribution in [0.2, 0.25) is 0 Å². The van der Waals surface area contributed by atoms with Crippen molar-refractivity contribution in [2.24, 2.45) is 10.9 Å². The molecule has 2 aromatic rings. The Morgan fingerprint density at radius 3 is 2.57 bits per heavy atom. The standard InChI is InChI=1S/C23H38N6.HI/c1-6-24-23(27-16-22-25-14-15-29(22)17-19(2)3)26-13-12-20(4)28(5)18-21-10-8-7-9-11-21;/h7-11,14-15,19-20H,6,12-13,16-18H2,1-5H3,(H2,24,26,27);1H. The average molecular weight is 527 g/mol. The van der Waals surface area contributed by atoms with Crippen molar-refractivity contribution in [2.75, 3.05) is 20.1 Å². The van der Waals surface area contributed by atoms with Gasteiger partial charge in [0.1, 0.15) is 12.4 Å². The Kier molecular flexibility index (Phi) is 12.7. The molecule has 30 heavy (non-hydrogen) atoms. The summed E-state index contributed by atoms with van der Waals surface area (Å²) in [6.07, 6.45) is 4.95. The van der Waals surface area contributed by atoms with E-state index in [1.54, 1.807) is 0 Å². The minimum Gasteiger partial charge on any atom is -0.357 e. The third-order valence-corrected chi connectivity index (χ3v) is 4.97. The fraction of sp³-hybridized carbons (Fsp3) is 0.565. The summed E-state index contributed by atoms with van der Waals surface area (Å²) in [6.45, 7) is 13.0. The molecule has 0 fully saturated rings. The number of nitrogens with zero attached hydrogens (tertiary/aromatic N) is 4. The zero-order chi connectivity index (χ0) is 21.1. The van der Waals surface area contributed by atoms with Crippen LogP contribution in [-0.4, -0.2) is 46.6 Å². The van der Waals surface area contributed by atoms with Crippen LogP contribution < -0.4 is 10.6 Å². The van der Waals surface area contributed by atoms with Crippen LogP contribution in [-0.2, 0) is 19.6 Å². The first-order valence-corrected chi connectivity index (χ1v) is 10.8. The number of guanidine groups is 1. The molecule has 0 radical (unpaired) electrons. The lowest BCUT2D eigenvalue weighted by Crippen LogP contribution is -2.40. The first kappa shape index (κ1) is 26.4. The number of benzene rings is 1. The first-order valence-electron chi connectivity index (χ1n) is 10.8. The summed E-state index contributed by atoms with van der Waals surface area (Å²) >= 11 is 0. The molecule has 1 aromatic heterocycles. The minimum atomic E-state index is 0. The van der Waals surface area contributed by atoms with Crippen LogP contribution in [0.3, 0.4) is 0 Å². The molecule has 0 bridgehead atoms. The van der Waals surface area contributed by atoms with Gasteiger partial charge in [0.2, 0.25) is 0 Å². The van der Waals surface area contributed by atoms with Crippen molar-refractivity contribution in [3.63, 3.8) is 0 Å². The van der Waals surface area contributed by atoms with E-state index in [0.29, 0.717) is 18.5 Å². The molecular weight excluding hydrogens is 487 g/mol. The number of aliphatic imine (C=N–C) groups is 1. The molecular formula is C23H39IN6. The summed E-state index contributed by atoms with van der Waals surface area (Å²) in [6, 6.07) is 11.1. The van der Waals surface area contributed by atoms with Crippen molar-refractivity contribution in [1.29, 1.82) is 0 Å². The average Bonchev–Trinajstić information content (AvgIpc) is 3.13. The van der Waals surface area contributed by atoms with Crippen LogP contribution in [0.5, 0.6) is 0 Å². The number of imidazole rings is 1. The molecule has 168 valence electrons. The van der Waals surface area contributed by atoms with Gasteiger partial charge in [0.25, 0.3) is 0 Å². The van der Waals surface area contributed by atoms with Crippen LogP contribution in [0, 0.1) is 5.92 Å². The largest absolute Gasteiger partial charge is 0.357 e. The zero-order valence-electron chi connectivity index (χ0n) is 19.1. The highest BCUT2D eigenvalue weighted by atomic mass is 127. The summed E-state index contributed by atoms with van der Waals surface area (Å²) in [4.78, 5) is 11.6. The normalized spacial score (nSPS) is 12.7. The molecule has 0 saturated heterocycles. The minimum absolute atomic E-state index is 0. The maximum Gasteiger partial charge on any atom is 0.191 e. The Bertz CT molecular complexity index is 728. The van der Waals surface area contributed by atoms with Crippen LogP contribution in [0.1, 0.15) is 45.5 Å². The molecule has 0 aliphatic heterocycles. The number of hydrogen-bond acceptors (Lipinski definition) is 3. The van der Waals surface area contributed by atoms with E-state index in [0.717, 1.165) is 44.4 Å². The molecule has 0 spiro atoms. The smallest absolute Gasteiger partial charge is 0.191 e. The molecule has 0 saturated carbocycles. The van der Waals surface area contributed by atoms with Crippen LogP contribution in [0.15, 0.2) is 47.7 Å². The number of nitrogens with one attached hydrogen (secondary N) is 2. The van der Waals surface area contributed by atoms with Gasteiger partial charge in [-0.2, -0.15) is 0 Å². The number of aromatic nitrogens is 2. The molecule has 1 heterocycles. The van der Waals surface area contributed by atoms with Gasteiger partial charge < -0.3 is 15.2 Å². The van der Waals surface area contributed by atoms with Crippen LogP contribution in [0.25, 0.3) is 0 Å². The summed E-state index contributed by atoms with van der Waals surface area (Å²) in [5.41, 5.74) is 1.35. The van der Waals surface area contributed by atoms with E-state index < -0.39 is 0 Å². The SMILES string of the molecule is CCNC(=NCc1nccn1CC(C)C)NCCC(C)N(C)Cc1ccccc1.I. The maximum atomic E-state index is 4.73.